The molecule has 2 aliphatic rings. The van der Waals surface area contributed by atoms with Crippen molar-refractivity contribution < 1.29 is 14.3 Å². The van der Waals surface area contributed by atoms with Crippen molar-refractivity contribution in [1.29, 1.82) is 0 Å². The van der Waals surface area contributed by atoms with E-state index in [0.29, 0.717) is 36.0 Å². The standard InChI is InChI=1S/C18H16ClNO3/c19-15-8-17-16(22-11-23-17)6-14(15)10-20-9-13(7-18(20)21)12-4-2-1-3-5-12/h1-6,8,13H,7,9-11H2/t13-/m1/s1. The van der Waals surface area contributed by atoms with Crippen molar-refractivity contribution >= 4 is 17.5 Å². The monoisotopic (exact) mass is 329 g/mol. The average molecular weight is 330 g/mol. The molecule has 1 fully saturated rings. The minimum atomic E-state index is 0.160. The first kappa shape index (κ1) is 14.4. The van der Waals surface area contributed by atoms with Gasteiger partial charge in [-0.2, -0.15) is 0 Å². The highest BCUT2D eigenvalue weighted by Gasteiger charge is 2.31. The van der Waals surface area contributed by atoms with Crippen LogP contribution < -0.4 is 9.47 Å². The van der Waals surface area contributed by atoms with Gasteiger partial charge in [0.05, 0.1) is 0 Å². The Morgan fingerprint density at radius 3 is 2.65 bits per heavy atom. The number of halogens is 1. The molecule has 0 saturated carbocycles. The highest BCUT2D eigenvalue weighted by Crippen LogP contribution is 2.38. The molecule has 2 aromatic carbocycles. The number of ether oxygens (including phenoxy) is 2. The summed E-state index contributed by atoms with van der Waals surface area (Å²) in [7, 11) is 0. The van der Waals surface area contributed by atoms with Crippen molar-refractivity contribution in [3.63, 3.8) is 0 Å². The maximum absolute atomic E-state index is 12.3. The fourth-order valence-electron chi connectivity index (χ4n) is 3.16. The van der Waals surface area contributed by atoms with Gasteiger partial charge in [0.25, 0.3) is 0 Å². The second-order valence-corrected chi connectivity index (χ2v) is 6.29. The maximum atomic E-state index is 12.3. The van der Waals surface area contributed by atoms with E-state index in [1.54, 1.807) is 6.07 Å². The van der Waals surface area contributed by atoms with E-state index in [-0.39, 0.29) is 18.6 Å². The van der Waals surface area contributed by atoms with Crippen molar-refractivity contribution in [2.75, 3.05) is 13.3 Å². The molecule has 0 unspecified atom stereocenters. The first-order chi connectivity index (χ1) is 11.2. The van der Waals surface area contributed by atoms with Crippen molar-refractivity contribution in [1.82, 2.24) is 4.90 Å². The molecule has 1 saturated heterocycles. The van der Waals surface area contributed by atoms with Gasteiger partial charge in [0.2, 0.25) is 12.7 Å². The molecule has 4 rings (SSSR count). The van der Waals surface area contributed by atoms with Crippen LogP contribution in [-0.2, 0) is 11.3 Å². The average Bonchev–Trinajstić information content (AvgIpc) is 3.15. The van der Waals surface area contributed by atoms with E-state index in [1.165, 1.54) is 5.56 Å². The summed E-state index contributed by atoms with van der Waals surface area (Å²) in [5.41, 5.74) is 2.10. The first-order valence-corrected chi connectivity index (χ1v) is 7.99. The Morgan fingerprint density at radius 1 is 1.13 bits per heavy atom. The molecule has 5 heteroatoms. The minimum Gasteiger partial charge on any atom is -0.454 e. The van der Waals surface area contributed by atoms with Crippen LogP contribution in [0.1, 0.15) is 23.5 Å². The molecule has 0 spiro atoms. The van der Waals surface area contributed by atoms with E-state index in [1.807, 2.05) is 29.2 Å². The van der Waals surface area contributed by atoms with Gasteiger partial charge in [0.1, 0.15) is 0 Å². The Kier molecular flexibility index (Phi) is 3.62. The van der Waals surface area contributed by atoms with Crippen molar-refractivity contribution in [2.45, 2.75) is 18.9 Å². The number of nitrogens with zero attached hydrogens (tertiary/aromatic N) is 1. The molecule has 0 aromatic heterocycles. The van der Waals surface area contributed by atoms with Crippen molar-refractivity contribution in [3.8, 4) is 11.5 Å². The van der Waals surface area contributed by atoms with Gasteiger partial charge in [-0.05, 0) is 17.2 Å². The predicted molar refractivity (Wildman–Crippen MR) is 86.8 cm³/mol. The Balaban J connectivity index is 1.52. The van der Waals surface area contributed by atoms with Crippen molar-refractivity contribution in [2.24, 2.45) is 0 Å². The van der Waals surface area contributed by atoms with Gasteiger partial charge in [0.15, 0.2) is 11.5 Å². The molecule has 2 heterocycles. The molecule has 118 valence electrons. The van der Waals surface area contributed by atoms with Crippen LogP contribution in [0.15, 0.2) is 42.5 Å². The second-order valence-electron chi connectivity index (χ2n) is 5.88. The third kappa shape index (κ3) is 2.75. The first-order valence-electron chi connectivity index (χ1n) is 7.61. The number of rotatable bonds is 3. The van der Waals surface area contributed by atoms with Gasteiger partial charge in [-0.15, -0.1) is 0 Å². The summed E-state index contributed by atoms with van der Waals surface area (Å²) < 4.78 is 10.7. The fraction of sp³-hybridized carbons (Fsp3) is 0.278. The number of hydrogen-bond acceptors (Lipinski definition) is 3. The minimum absolute atomic E-state index is 0.160. The fourth-order valence-corrected chi connectivity index (χ4v) is 3.37. The topological polar surface area (TPSA) is 38.8 Å². The summed E-state index contributed by atoms with van der Waals surface area (Å²) >= 11 is 6.31. The summed E-state index contributed by atoms with van der Waals surface area (Å²) in [6.45, 7) is 1.43. The largest absolute Gasteiger partial charge is 0.454 e. The number of carbonyl (C=O) groups is 1. The molecule has 2 aromatic rings. The molecule has 0 radical (unpaired) electrons. The Morgan fingerprint density at radius 2 is 1.87 bits per heavy atom. The Hall–Kier alpha value is -2.20. The summed E-state index contributed by atoms with van der Waals surface area (Å²) in [6, 6.07) is 13.8. The van der Waals surface area contributed by atoms with Crippen LogP contribution in [0.2, 0.25) is 5.02 Å². The lowest BCUT2D eigenvalue weighted by molar-refractivity contribution is -0.128. The zero-order valence-electron chi connectivity index (χ0n) is 12.5. The molecule has 2 aliphatic heterocycles. The zero-order chi connectivity index (χ0) is 15.8. The van der Waals surface area contributed by atoms with E-state index in [0.717, 1.165) is 5.56 Å². The normalized spacial score (nSPS) is 19.4. The molecule has 4 nitrogen and oxygen atoms in total. The van der Waals surface area contributed by atoms with E-state index < -0.39 is 0 Å². The molecule has 23 heavy (non-hydrogen) atoms. The maximum Gasteiger partial charge on any atom is 0.231 e. The van der Waals surface area contributed by atoms with E-state index in [2.05, 4.69) is 12.1 Å². The summed E-state index contributed by atoms with van der Waals surface area (Å²) in [6.07, 6.45) is 0.548. The molecule has 0 N–H and O–H groups in total. The molecule has 0 aliphatic carbocycles. The number of hydrogen-bond donors (Lipinski definition) is 0. The molecular weight excluding hydrogens is 314 g/mol. The third-order valence-electron chi connectivity index (χ3n) is 4.39. The summed E-state index contributed by atoms with van der Waals surface area (Å²) in [4.78, 5) is 14.2. The smallest absolute Gasteiger partial charge is 0.231 e. The Labute approximate surface area is 139 Å². The molecule has 1 amide bonds. The zero-order valence-corrected chi connectivity index (χ0v) is 13.3. The summed E-state index contributed by atoms with van der Waals surface area (Å²) in [5, 5.41) is 0.602. The molecule has 1 atom stereocenters. The lowest BCUT2D eigenvalue weighted by Gasteiger charge is -2.18. The van der Waals surface area contributed by atoms with Crippen LogP contribution in [0.5, 0.6) is 11.5 Å². The molecular formula is C18H16ClNO3. The van der Waals surface area contributed by atoms with E-state index in [9.17, 15) is 4.79 Å². The highest BCUT2D eigenvalue weighted by molar-refractivity contribution is 6.31. The third-order valence-corrected chi connectivity index (χ3v) is 4.74. The van der Waals surface area contributed by atoms with Gasteiger partial charge in [0, 0.05) is 36.5 Å². The predicted octanol–water partition coefficient (Wildman–Crippen LogP) is 3.58. The summed E-state index contributed by atoms with van der Waals surface area (Å²) in [5.74, 6) is 1.76. The SMILES string of the molecule is O=C1C[C@@H](c2ccccc2)CN1Cc1cc2c(cc1Cl)OCO2. The Bertz CT molecular complexity index is 747. The van der Waals surface area contributed by atoms with Crippen LogP contribution in [0.4, 0.5) is 0 Å². The van der Waals surface area contributed by atoms with Crippen LogP contribution in [-0.4, -0.2) is 24.1 Å². The molecule has 0 bridgehead atoms. The van der Waals surface area contributed by atoms with Crippen LogP contribution >= 0.6 is 11.6 Å². The number of carbonyl (C=O) groups excluding carboxylic acids is 1. The van der Waals surface area contributed by atoms with Crippen LogP contribution in [0, 0.1) is 0 Å². The van der Waals surface area contributed by atoms with Gasteiger partial charge in [-0.25, -0.2) is 0 Å². The van der Waals surface area contributed by atoms with E-state index >= 15 is 0 Å². The second kappa shape index (κ2) is 5.78. The van der Waals surface area contributed by atoms with Crippen LogP contribution in [0.3, 0.4) is 0 Å². The number of fused-ring (bicyclic) bond motifs is 1. The quantitative estimate of drug-likeness (QED) is 0.864. The van der Waals surface area contributed by atoms with Crippen molar-refractivity contribution in [3.05, 3.63) is 58.6 Å². The van der Waals surface area contributed by atoms with Gasteiger partial charge in [-0.3, -0.25) is 4.79 Å². The number of likely N-dealkylation sites (tertiary alicyclic amines) is 1. The van der Waals surface area contributed by atoms with Gasteiger partial charge < -0.3 is 14.4 Å². The number of benzene rings is 2. The lowest BCUT2D eigenvalue weighted by Crippen LogP contribution is -2.24. The van der Waals surface area contributed by atoms with Crippen LogP contribution in [0.25, 0.3) is 0 Å². The highest BCUT2D eigenvalue weighted by atomic mass is 35.5. The number of amides is 1. The van der Waals surface area contributed by atoms with E-state index in [4.69, 9.17) is 21.1 Å². The van der Waals surface area contributed by atoms with Gasteiger partial charge >= 0.3 is 0 Å². The van der Waals surface area contributed by atoms with Gasteiger partial charge in [-0.1, -0.05) is 41.9 Å². The lowest BCUT2D eigenvalue weighted by atomic mass is 9.98.